The molecule has 1 atom stereocenters. The minimum atomic E-state index is -0.128. The minimum Gasteiger partial charge on any atom is -0.348 e. The van der Waals surface area contributed by atoms with Crippen LogP contribution in [0.4, 0.5) is 0 Å². The molecular formula is C21H23N5O. The van der Waals surface area contributed by atoms with Crippen LogP contribution >= 0.6 is 0 Å². The van der Waals surface area contributed by atoms with Gasteiger partial charge in [0.1, 0.15) is 6.54 Å². The Morgan fingerprint density at radius 1 is 1.11 bits per heavy atom. The summed E-state index contributed by atoms with van der Waals surface area (Å²) in [6.45, 7) is 2.06. The number of carbonyl (C=O) groups excluding carboxylic acids is 1. The van der Waals surface area contributed by atoms with Crippen LogP contribution in [0.2, 0.25) is 0 Å². The number of rotatable bonds is 5. The Labute approximate surface area is 158 Å². The van der Waals surface area contributed by atoms with Gasteiger partial charge in [0.25, 0.3) is 0 Å². The fourth-order valence-corrected chi connectivity index (χ4v) is 3.53. The van der Waals surface area contributed by atoms with Crippen LogP contribution in [0, 0.1) is 0 Å². The average molecular weight is 361 g/mol. The number of hydrogen-bond acceptors (Lipinski definition) is 4. The summed E-state index contributed by atoms with van der Waals surface area (Å²) >= 11 is 0. The molecule has 0 saturated carbocycles. The number of nitrogens with zero attached hydrogens (tertiary/aromatic N) is 4. The lowest BCUT2D eigenvalue weighted by molar-refractivity contribution is -0.122. The van der Waals surface area contributed by atoms with E-state index in [1.54, 1.807) is 0 Å². The molecule has 1 aromatic heterocycles. The van der Waals surface area contributed by atoms with Gasteiger partial charge in [-0.1, -0.05) is 48.5 Å². The van der Waals surface area contributed by atoms with Crippen LogP contribution < -0.4 is 5.32 Å². The maximum atomic E-state index is 12.4. The second kappa shape index (κ2) is 7.70. The van der Waals surface area contributed by atoms with Crippen molar-refractivity contribution < 1.29 is 4.79 Å². The normalized spacial score (nSPS) is 14.4. The topological polar surface area (TPSA) is 72.7 Å². The van der Waals surface area contributed by atoms with Crippen LogP contribution in [0.1, 0.15) is 42.5 Å². The quantitative estimate of drug-likeness (QED) is 0.758. The summed E-state index contributed by atoms with van der Waals surface area (Å²) in [5.41, 5.74) is 4.89. The highest BCUT2D eigenvalue weighted by Gasteiger charge is 2.15. The first-order valence-corrected chi connectivity index (χ1v) is 9.43. The van der Waals surface area contributed by atoms with E-state index in [0.29, 0.717) is 5.82 Å². The number of nitrogens with one attached hydrogen (secondary N) is 1. The number of aryl methyl sites for hydroxylation is 2. The van der Waals surface area contributed by atoms with Gasteiger partial charge in [-0.2, -0.15) is 4.80 Å². The second-order valence-corrected chi connectivity index (χ2v) is 7.03. The van der Waals surface area contributed by atoms with Gasteiger partial charge in [-0.15, -0.1) is 10.2 Å². The van der Waals surface area contributed by atoms with E-state index in [1.165, 1.54) is 28.8 Å². The maximum absolute atomic E-state index is 12.4. The van der Waals surface area contributed by atoms with Crippen molar-refractivity contribution in [3.8, 4) is 11.4 Å². The van der Waals surface area contributed by atoms with Crippen LogP contribution in [0.25, 0.3) is 11.4 Å². The second-order valence-electron chi connectivity index (χ2n) is 7.03. The van der Waals surface area contributed by atoms with E-state index in [4.69, 9.17) is 0 Å². The highest BCUT2D eigenvalue weighted by Crippen LogP contribution is 2.24. The van der Waals surface area contributed by atoms with E-state index >= 15 is 0 Å². The van der Waals surface area contributed by atoms with Gasteiger partial charge in [0.2, 0.25) is 11.7 Å². The maximum Gasteiger partial charge on any atom is 0.244 e. The Hall–Kier alpha value is -3.02. The lowest BCUT2D eigenvalue weighted by Gasteiger charge is -2.20. The SMILES string of the molecule is C[C@H](NC(=O)Cn1nnc(-c2ccccc2)n1)c1ccc2c(c1)CCCC2. The zero-order valence-corrected chi connectivity index (χ0v) is 15.4. The summed E-state index contributed by atoms with van der Waals surface area (Å²) in [7, 11) is 0. The monoisotopic (exact) mass is 361 g/mol. The molecule has 27 heavy (non-hydrogen) atoms. The van der Waals surface area contributed by atoms with Gasteiger partial charge in [0, 0.05) is 5.56 Å². The van der Waals surface area contributed by atoms with Crippen LogP contribution in [0.5, 0.6) is 0 Å². The van der Waals surface area contributed by atoms with Crippen molar-refractivity contribution in [1.82, 2.24) is 25.5 Å². The van der Waals surface area contributed by atoms with Gasteiger partial charge < -0.3 is 5.32 Å². The number of benzene rings is 2. The third kappa shape index (κ3) is 4.05. The van der Waals surface area contributed by atoms with Crippen LogP contribution in [0.3, 0.4) is 0 Å². The Morgan fingerprint density at radius 2 is 1.89 bits per heavy atom. The largest absolute Gasteiger partial charge is 0.348 e. The number of carbonyl (C=O) groups is 1. The van der Waals surface area contributed by atoms with Crippen molar-refractivity contribution in [2.75, 3.05) is 0 Å². The summed E-state index contributed by atoms with van der Waals surface area (Å²) in [6, 6.07) is 16.1. The Bertz CT molecular complexity index is 935. The highest BCUT2D eigenvalue weighted by atomic mass is 16.2. The lowest BCUT2D eigenvalue weighted by Crippen LogP contribution is -2.31. The molecule has 0 aliphatic heterocycles. The predicted octanol–water partition coefficient (Wildman–Crippen LogP) is 3.10. The number of aromatic nitrogens is 4. The molecule has 0 bridgehead atoms. The zero-order chi connectivity index (χ0) is 18.6. The first kappa shape index (κ1) is 17.4. The zero-order valence-electron chi connectivity index (χ0n) is 15.4. The van der Waals surface area contributed by atoms with Crippen molar-refractivity contribution in [2.45, 2.75) is 45.2 Å². The van der Waals surface area contributed by atoms with E-state index in [-0.39, 0.29) is 18.5 Å². The number of amides is 1. The molecule has 6 nitrogen and oxygen atoms in total. The van der Waals surface area contributed by atoms with E-state index in [0.717, 1.165) is 24.0 Å². The molecule has 0 saturated heterocycles. The smallest absolute Gasteiger partial charge is 0.244 e. The van der Waals surface area contributed by atoms with Gasteiger partial charge in [-0.05, 0) is 54.5 Å². The van der Waals surface area contributed by atoms with Crippen LogP contribution in [-0.2, 0) is 24.2 Å². The fraction of sp³-hybridized carbons (Fsp3) is 0.333. The molecule has 1 amide bonds. The van der Waals surface area contributed by atoms with Gasteiger partial charge in [-0.3, -0.25) is 4.79 Å². The Kier molecular flexibility index (Phi) is 4.96. The first-order valence-electron chi connectivity index (χ1n) is 9.43. The van der Waals surface area contributed by atoms with Crippen molar-refractivity contribution in [3.05, 3.63) is 65.2 Å². The molecule has 1 heterocycles. The molecule has 6 heteroatoms. The molecule has 1 aliphatic carbocycles. The van der Waals surface area contributed by atoms with Crippen LogP contribution in [-0.4, -0.2) is 26.1 Å². The summed E-state index contributed by atoms with van der Waals surface area (Å²) < 4.78 is 0. The third-order valence-corrected chi connectivity index (χ3v) is 5.02. The fourth-order valence-electron chi connectivity index (χ4n) is 3.53. The van der Waals surface area contributed by atoms with Crippen molar-refractivity contribution >= 4 is 5.91 Å². The first-order chi connectivity index (χ1) is 13.2. The summed E-state index contributed by atoms with van der Waals surface area (Å²) in [5, 5.41) is 15.3. The number of hydrogen-bond donors (Lipinski definition) is 1. The minimum absolute atomic E-state index is 0.0507. The Balaban J connectivity index is 1.39. The van der Waals surface area contributed by atoms with E-state index in [2.05, 4.69) is 38.9 Å². The van der Waals surface area contributed by atoms with Crippen LogP contribution in [0.15, 0.2) is 48.5 Å². The third-order valence-electron chi connectivity index (χ3n) is 5.02. The standard InChI is InChI=1S/C21H23N5O/c1-15(18-12-11-16-7-5-6-10-19(16)13-18)22-20(27)14-26-24-21(23-25-26)17-8-3-2-4-9-17/h2-4,8-9,11-13,15H,5-7,10,14H2,1H3,(H,22,27)/t15-/m0/s1. The molecule has 4 rings (SSSR count). The molecule has 1 aliphatic rings. The molecule has 2 aromatic carbocycles. The molecule has 0 fully saturated rings. The van der Waals surface area contributed by atoms with E-state index in [9.17, 15) is 4.79 Å². The summed E-state index contributed by atoms with van der Waals surface area (Å²) in [6.07, 6.45) is 4.82. The van der Waals surface area contributed by atoms with Gasteiger partial charge >= 0.3 is 0 Å². The van der Waals surface area contributed by atoms with E-state index in [1.807, 2.05) is 37.3 Å². The number of fused-ring (bicyclic) bond motifs is 1. The highest BCUT2D eigenvalue weighted by molar-refractivity contribution is 5.76. The molecule has 0 unspecified atom stereocenters. The van der Waals surface area contributed by atoms with Gasteiger partial charge in [0.15, 0.2) is 0 Å². The molecular weight excluding hydrogens is 338 g/mol. The lowest BCUT2D eigenvalue weighted by atomic mass is 9.89. The summed E-state index contributed by atoms with van der Waals surface area (Å²) in [4.78, 5) is 13.7. The molecule has 0 radical (unpaired) electrons. The Morgan fingerprint density at radius 3 is 2.70 bits per heavy atom. The van der Waals surface area contributed by atoms with Crippen molar-refractivity contribution in [2.24, 2.45) is 0 Å². The van der Waals surface area contributed by atoms with Crippen molar-refractivity contribution in [3.63, 3.8) is 0 Å². The average Bonchev–Trinajstić information content (AvgIpc) is 3.16. The summed E-state index contributed by atoms with van der Waals surface area (Å²) in [5.74, 6) is 0.392. The number of tetrazole rings is 1. The molecule has 3 aromatic rings. The van der Waals surface area contributed by atoms with Gasteiger partial charge in [0.05, 0.1) is 6.04 Å². The molecule has 1 N–H and O–H groups in total. The van der Waals surface area contributed by atoms with E-state index < -0.39 is 0 Å². The molecule has 0 spiro atoms. The predicted molar refractivity (Wildman–Crippen MR) is 103 cm³/mol. The van der Waals surface area contributed by atoms with Gasteiger partial charge in [-0.25, -0.2) is 0 Å². The molecule has 138 valence electrons. The van der Waals surface area contributed by atoms with Crippen molar-refractivity contribution in [1.29, 1.82) is 0 Å².